The van der Waals surface area contributed by atoms with Gasteiger partial charge in [0, 0.05) is 29.1 Å². The molecule has 108 valence electrons. The first-order valence-electron chi connectivity index (χ1n) is 6.77. The molecule has 0 spiro atoms. The Bertz CT molecular complexity index is 705. The van der Waals surface area contributed by atoms with E-state index in [0.717, 1.165) is 24.1 Å². The summed E-state index contributed by atoms with van der Waals surface area (Å²) in [5, 5.41) is 4.69. The van der Waals surface area contributed by atoms with Crippen molar-refractivity contribution < 1.29 is 14.3 Å². The van der Waals surface area contributed by atoms with E-state index in [4.69, 9.17) is 4.74 Å². The van der Waals surface area contributed by atoms with Gasteiger partial charge in [-0.1, -0.05) is 0 Å². The summed E-state index contributed by atoms with van der Waals surface area (Å²) in [5.41, 5.74) is 2.49. The molecule has 1 aromatic heterocycles. The van der Waals surface area contributed by atoms with Gasteiger partial charge in [-0.25, -0.2) is 0 Å². The third kappa shape index (κ3) is 2.83. The third-order valence-corrected chi connectivity index (χ3v) is 4.43. The monoisotopic (exact) mass is 301 g/mol. The minimum absolute atomic E-state index is 0.0123. The number of nitrogens with one attached hydrogen (secondary N) is 1. The summed E-state index contributed by atoms with van der Waals surface area (Å²) in [6.07, 6.45) is 2.15. The summed E-state index contributed by atoms with van der Waals surface area (Å²) in [4.78, 5) is 24.7. The van der Waals surface area contributed by atoms with Crippen LogP contribution in [0.1, 0.15) is 33.6 Å². The van der Waals surface area contributed by atoms with Gasteiger partial charge >= 0.3 is 0 Å². The fourth-order valence-electron chi connectivity index (χ4n) is 2.40. The number of benzene rings is 1. The number of hydrogen-bond donors (Lipinski definition) is 1. The largest absolute Gasteiger partial charge is 0.496 e. The second-order valence-corrected chi connectivity index (χ2v) is 5.86. The molecule has 3 rings (SSSR count). The fraction of sp³-hybridized carbons (Fsp3) is 0.250. The topological polar surface area (TPSA) is 55.4 Å². The number of rotatable bonds is 3. The first-order valence-corrected chi connectivity index (χ1v) is 7.65. The zero-order valence-electron chi connectivity index (χ0n) is 11.6. The quantitative estimate of drug-likeness (QED) is 0.885. The average molecular weight is 301 g/mol. The van der Waals surface area contributed by atoms with E-state index in [1.165, 1.54) is 11.3 Å². The van der Waals surface area contributed by atoms with Gasteiger partial charge in [0.1, 0.15) is 5.75 Å². The van der Waals surface area contributed by atoms with E-state index in [1.807, 2.05) is 17.5 Å². The van der Waals surface area contributed by atoms with Gasteiger partial charge in [-0.05, 0) is 36.6 Å². The van der Waals surface area contributed by atoms with Gasteiger partial charge in [0.2, 0.25) is 11.7 Å². The molecule has 4 nitrogen and oxygen atoms in total. The first kappa shape index (κ1) is 13.8. The second kappa shape index (κ2) is 5.69. The summed E-state index contributed by atoms with van der Waals surface area (Å²) >= 11 is 1.37. The summed E-state index contributed by atoms with van der Waals surface area (Å²) in [6.45, 7) is 0. The van der Waals surface area contributed by atoms with Crippen LogP contribution in [0.2, 0.25) is 0 Å². The number of thiophene rings is 1. The van der Waals surface area contributed by atoms with E-state index in [1.54, 1.807) is 19.2 Å². The van der Waals surface area contributed by atoms with Crippen molar-refractivity contribution in [3.05, 3.63) is 45.6 Å². The lowest BCUT2D eigenvalue weighted by Gasteiger charge is -2.08. The highest BCUT2D eigenvalue weighted by molar-refractivity contribution is 7.12. The SMILES string of the molecule is COc1csc(C(=O)c2ccc3c(c2)CCCC(=O)N3)c1. The van der Waals surface area contributed by atoms with Gasteiger partial charge in [0.15, 0.2) is 0 Å². The van der Waals surface area contributed by atoms with Crippen molar-refractivity contribution in [3.63, 3.8) is 0 Å². The normalized spacial score (nSPS) is 14.0. The number of methoxy groups -OCH3 is 1. The standard InChI is InChI=1S/C16H15NO3S/c1-20-12-8-14(21-9-12)16(19)11-5-6-13-10(7-11)3-2-4-15(18)17-13/h5-9H,2-4H2,1H3,(H,17,18). The van der Waals surface area contributed by atoms with Crippen molar-refractivity contribution >= 4 is 28.7 Å². The Labute approximate surface area is 126 Å². The zero-order valence-corrected chi connectivity index (χ0v) is 12.5. The zero-order chi connectivity index (χ0) is 14.8. The molecule has 0 aliphatic carbocycles. The molecule has 1 N–H and O–H groups in total. The van der Waals surface area contributed by atoms with Crippen LogP contribution in [0.15, 0.2) is 29.6 Å². The molecule has 0 atom stereocenters. The van der Waals surface area contributed by atoms with Crippen molar-refractivity contribution in [1.29, 1.82) is 0 Å². The molecule has 0 bridgehead atoms. The van der Waals surface area contributed by atoms with E-state index < -0.39 is 0 Å². The Hall–Kier alpha value is -2.14. The fourth-order valence-corrected chi connectivity index (χ4v) is 3.22. The predicted octanol–water partition coefficient (Wildman–Crippen LogP) is 3.26. The summed E-state index contributed by atoms with van der Waals surface area (Å²) in [5.74, 6) is 0.725. The highest BCUT2D eigenvalue weighted by Crippen LogP contribution is 2.27. The summed E-state index contributed by atoms with van der Waals surface area (Å²) in [6, 6.07) is 7.21. The maximum Gasteiger partial charge on any atom is 0.224 e. The van der Waals surface area contributed by atoms with Crippen LogP contribution < -0.4 is 10.1 Å². The number of ketones is 1. The minimum atomic E-state index is -0.0123. The van der Waals surface area contributed by atoms with Crippen LogP contribution in [0.5, 0.6) is 5.75 Å². The Balaban J connectivity index is 1.91. The molecular weight excluding hydrogens is 286 g/mol. The molecule has 2 aromatic rings. The molecule has 2 heterocycles. The molecule has 21 heavy (non-hydrogen) atoms. The highest BCUT2D eigenvalue weighted by atomic mass is 32.1. The van der Waals surface area contributed by atoms with Crippen LogP contribution in [0.4, 0.5) is 5.69 Å². The molecular formula is C16H15NO3S. The van der Waals surface area contributed by atoms with E-state index in [9.17, 15) is 9.59 Å². The molecule has 1 aliphatic heterocycles. The van der Waals surface area contributed by atoms with Crippen LogP contribution in [0.25, 0.3) is 0 Å². The van der Waals surface area contributed by atoms with Gasteiger partial charge in [0.25, 0.3) is 0 Å². The molecule has 0 saturated heterocycles. The number of carbonyl (C=O) groups excluding carboxylic acids is 2. The van der Waals surface area contributed by atoms with Crippen LogP contribution in [0.3, 0.4) is 0 Å². The average Bonchev–Trinajstić information content (AvgIpc) is 2.89. The van der Waals surface area contributed by atoms with Crippen molar-refractivity contribution in [2.24, 2.45) is 0 Å². The third-order valence-electron chi connectivity index (χ3n) is 3.53. The molecule has 0 unspecified atom stereocenters. The maximum atomic E-state index is 12.5. The molecule has 1 amide bonds. The Morgan fingerprint density at radius 1 is 1.29 bits per heavy atom. The lowest BCUT2D eigenvalue weighted by atomic mass is 10.0. The van der Waals surface area contributed by atoms with Crippen molar-refractivity contribution in [2.75, 3.05) is 12.4 Å². The van der Waals surface area contributed by atoms with Crippen LogP contribution >= 0.6 is 11.3 Å². The number of fused-ring (bicyclic) bond motifs is 1. The molecule has 5 heteroatoms. The Morgan fingerprint density at radius 3 is 2.90 bits per heavy atom. The minimum Gasteiger partial charge on any atom is -0.496 e. The number of ether oxygens (including phenoxy) is 1. The molecule has 0 radical (unpaired) electrons. The predicted molar refractivity (Wildman–Crippen MR) is 82.3 cm³/mol. The lowest BCUT2D eigenvalue weighted by Crippen LogP contribution is -2.09. The van der Waals surface area contributed by atoms with Gasteiger partial charge in [-0.15, -0.1) is 11.3 Å². The first-order chi connectivity index (χ1) is 10.2. The number of amides is 1. The lowest BCUT2D eigenvalue weighted by molar-refractivity contribution is -0.116. The molecule has 0 fully saturated rings. The smallest absolute Gasteiger partial charge is 0.224 e. The van der Waals surface area contributed by atoms with Crippen molar-refractivity contribution in [3.8, 4) is 5.75 Å². The summed E-state index contributed by atoms with van der Waals surface area (Å²) in [7, 11) is 1.58. The number of aryl methyl sites for hydroxylation is 1. The number of carbonyl (C=O) groups is 2. The maximum absolute atomic E-state index is 12.5. The number of anilines is 1. The number of hydrogen-bond acceptors (Lipinski definition) is 4. The van der Waals surface area contributed by atoms with E-state index >= 15 is 0 Å². The molecule has 1 aromatic carbocycles. The summed E-state index contributed by atoms with van der Waals surface area (Å²) < 4.78 is 5.11. The van der Waals surface area contributed by atoms with Crippen molar-refractivity contribution in [2.45, 2.75) is 19.3 Å². The Morgan fingerprint density at radius 2 is 2.14 bits per heavy atom. The van der Waals surface area contributed by atoms with Crippen LogP contribution in [0, 0.1) is 0 Å². The van der Waals surface area contributed by atoms with Gasteiger partial charge in [0.05, 0.1) is 12.0 Å². The van der Waals surface area contributed by atoms with Gasteiger partial charge in [-0.3, -0.25) is 9.59 Å². The van der Waals surface area contributed by atoms with Crippen molar-refractivity contribution in [1.82, 2.24) is 0 Å². The van der Waals surface area contributed by atoms with Gasteiger partial charge < -0.3 is 10.1 Å². The van der Waals surface area contributed by atoms with E-state index in [0.29, 0.717) is 22.6 Å². The van der Waals surface area contributed by atoms with E-state index in [-0.39, 0.29) is 11.7 Å². The van der Waals surface area contributed by atoms with E-state index in [2.05, 4.69) is 5.32 Å². The van der Waals surface area contributed by atoms with Crippen LogP contribution in [-0.4, -0.2) is 18.8 Å². The molecule has 1 aliphatic rings. The Kier molecular flexibility index (Phi) is 3.75. The molecule has 0 saturated carbocycles. The van der Waals surface area contributed by atoms with Crippen LogP contribution in [-0.2, 0) is 11.2 Å². The highest BCUT2D eigenvalue weighted by Gasteiger charge is 2.17. The second-order valence-electron chi connectivity index (χ2n) is 4.95. The van der Waals surface area contributed by atoms with Gasteiger partial charge in [-0.2, -0.15) is 0 Å².